The number of halogens is 2. The molecular weight excluding hydrogens is 509 g/mol. The first-order chi connectivity index (χ1) is 15.5. The number of methoxy groups -OCH3 is 1. The molecule has 33 heavy (non-hydrogen) atoms. The van der Waals surface area contributed by atoms with E-state index in [0.29, 0.717) is 37.6 Å². The molecule has 0 atom stereocenters. The van der Waals surface area contributed by atoms with Crippen molar-refractivity contribution >= 4 is 48.9 Å². The van der Waals surface area contributed by atoms with Crippen LogP contribution in [-0.2, 0) is 20.0 Å². The molecule has 0 aliphatic carbocycles. The van der Waals surface area contributed by atoms with Gasteiger partial charge in [0.2, 0.25) is 20.0 Å². The summed E-state index contributed by atoms with van der Waals surface area (Å²) in [4.78, 5) is 2.14. The first-order valence-corrected chi connectivity index (χ1v) is 14.1. The monoisotopic (exact) mass is 535 g/mol. The van der Waals surface area contributed by atoms with Gasteiger partial charge in [0, 0.05) is 49.3 Å². The van der Waals surface area contributed by atoms with Gasteiger partial charge in [-0.25, -0.2) is 16.8 Å². The van der Waals surface area contributed by atoms with Crippen molar-refractivity contribution in [3.8, 4) is 5.75 Å². The highest BCUT2D eigenvalue weighted by Gasteiger charge is 2.31. The van der Waals surface area contributed by atoms with Gasteiger partial charge in [-0.2, -0.15) is 8.61 Å². The maximum absolute atomic E-state index is 13.1. The van der Waals surface area contributed by atoms with Crippen molar-refractivity contribution in [3.05, 3.63) is 46.4 Å². The fraction of sp³-hybridized carbons (Fsp3) is 0.429. The lowest BCUT2D eigenvalue weighted by Gasteiger charge is -2.36. The molecule has 1 fully saturated rings. The Balaban J connectivity index is 1.85. The molecule has 0 aromatic heterocycles. The zero-order valence-electron chi connectivity index (χ0n) is 18.7. The quantitative estimate of drug-likeness (QED) is 0.513. The molecule has 8 nitrogen and oxygen atoms in total. The summed E-state index contributed by atoms with van der Waals surface area (Å²) in [6, 6.07) is 8.97. The molecule has 0 bridgehead atoms. The maximum Gasteiger partial charge on any atom is 0.243 e. The molecule has 0 saturated carbocycles. The van der Waals surface area contributed by atoms with Gasteiger partial charge in [0.15, 0.2) is 0 Å². The molecule has 1 aliphatic rings. The van der Waals surface area contributed by atoms with Crippen LogP contribution in [0, 0.1) is 0 Å². The van der Waals surface area contributed by atoms with E-state index in [1.165, 1.54) is 40.0 Å². The molecule has 0 amide bonds. The number of hydrogen-bond donors (Lipinski definition) is 0. The second-order valence-electron chi connectivity index (χ2n) is 7.42. The number of hydrogen-bond acceptors (Lipinski definition) is 6. The Labute approximate surface area is 205 Å². The van der Waals surface area contributed by atoms with Gasteiger partial charge in [-0.3, -0.25) is 0 Å². The highest BCUT2D eigenvalue weighted by molar-refractivity contribution is 7.89. The zero-order valence-corrected chi connectivity index (χ0v) is 21.8. The predicted octanol–water partition coefficient (Wildman–Crippen LogP) is 3.54. The number of anilines is 1. The molecule has 182 valence electrons. The second-order valence-corrected chi connectivity index (χ2v) is 12.2. The summed E-state index contributed by atoms with van der Waals surface area (Å²) in [5.74, 6) is 0.520. The van der Waals surface area contributed by atoms with Crippen LogP contribution in [0.25, 0.3) is 0 Å². The molecule has 2 aromatic rings. The SMILES string of the molecule is CCN(CC)S(=O)(=O)c1ccc(OC)c(N2CCN(S(=O)(=O)c3cc(Cl)cc(Cl)c3)CC2)c1. The highest BCUT2D eigenvalue weighted by Crippen LogP contribution is 2.33. The Hall–Kier alpha value is -1.56. The van der Waals surface area contributed by atoms with Crippen molar-refractivity contribution in [2.24, 2.45) is 0 Å². The Kier molecular flexibility index (Phi) is 8.19. The third-order valence-corrected chi connectivity index (χ3v) is 9.91. The van der Waals surface area contributed by atoms with Crippen LogP contribution in [0.4, 0.5) is 5.69 Å². The molecule has 3 rings (SSSR count). The number of benzene rings is 2. The topological polar surface area (TPSA) is 87.2 Å². The van der Waals surface area contributed by atoms with Crippen molar-refractivity contribution in [3.63, 3.8) is 0 Å². The largest absolute Gasteiger partial charge is 0.495 e. The van der Waals surface area contributed by atoms with E-state index in [1.54, 1.807) is 26.0 Å². The minimum absolute atomic E-state index is 0.0401. The minimum Gasteiger partial charge on any atom is -0.495 e. The zero-order chi connectivity index (χ0) is 24.4. The number of sulfonamides is 2. The summed E-state index contributed by atoms with van der Waals surface area (Å²) in [5, 5.41) is 0.492. The van der Waals surface area contributed by atoms with Gasteiger partial charge in [0.1, 0.15) is 5.75 Å². The first kappa shape index (κ1) is 26.1. The molecule has 1 aliphatic heterocycles. The summed E-state index contributed by atoms with van der Waals surface area (Å²) >= 11 is 12.0. The maximum atomic E-state index is 13.1. The summed E-state index contributed by atoms with van der Waals surface area (Å²) in [6.45, 7) is 5.45. The Bertz CT molecular complexity index is 1190. The summed E-state index contributed by atoms with van der Waals surface area (Å²) in [5.41, 5.74) is 0.605. The third kappa shape index (κ3) is 5.41. The molecule has 12 heteroatoms. The van der Waals surface area contributed by atoms with Crippen LogP contribution < -0.4 is 9.64 Å². The standard InChI is InChI=1S/C21H27Cl2N3O5S2/c1-4-25(5-2)32(27,28)18-6-7-21(31-3)20(15-18)24-8-10-26(11-9-24)33(29,30)19-13-16(22)12-17(23)14-19/h6-7,12-15H,4-5,8-11H2,1-3H3. The third-order valence-electron chi connectivity index (χ3n) is 5.55. The average Bonchev–Trinajstić information content (AvgIpc) is 2.78. The summed E-state index contributed by atoms with van der Waals surface area (Å²) < 4.78 is 60.3. The smallest absolute Gasteiger partial charge is 0.243 e. The van der Waals surface area contributed by atoms with Crippen molar-refractivity contribution in [1.29, 1.82) is 0 Å². The fourth-order valence-electron chi connectivity index (χ4n) is 3.79. The lowest BCUT2D eigenvalue weighted by atomic mass is 10.2. The predicted molar refractivity (Wildman–Crippen MR) is 131 cm³/mol. The van der Waals surface area contributed by atoms with Gasteiger partial charge in [-0.05, 0) is 36.4 Å². The van der Waals surface area contributed by atoms with Gasteiger partial charge in [0.05, 0.1) is 22.6 Å². The van der Waals surface area contributed by atoms with Crippen LogP contribution in [-0.4, -0.2) is 71.8 Å². The van der Waals surface area contributed by atoms with Gasteiger partial charge in [-0.1, -0.05) is 37.0 Å². The number of ether oxygens (including phenoxy) is 1. The van der Waals surface area contributed by atoms with E-state index < -0.39 is 20.0 Å². The van der Waals surface area contributed by atoms with E-state index in [0.717, 1.165) is 0 Å². The van der Waals surface area contributed by atoms with Gasteiger partial charge in [-0.15, -0.1) is 0 Å². The summed E-state index contributed by atoms with van der Waals surface area (Å²) in [6.07, 6.45) is 0. The Morgan fingerprint density at radius 2 is 1.45 bits per heavy atom. The van der Waals surface area contributed by atoms with Crippen molar-refractivity contribution in [2.45, 2.75) is 23.6 Å². The van der Waals surface area contributed by atoms with E-state index in [4.69, 9.17) is 27.9 Å². The summed E-state index contributed by atoms with van der Waals surface area (Å²) in [7, 11) is -5.90. The molecule has 2 aromatic carbocycles. The highest BCUT2D eigenvalue weighted by atomic mass is 35.5. The minimum atomic E-state index is -3.77. The van der Waals surface area contributed by atoms with E-state index in [2.05, 4.69) is 0 Å². The Morgan fingerprint density at radius 3 is 1.97 bits per heavy atom. The van der Waals surface area contributed by atoms with Crippen LogP contribution in [0.2, 0.25) is 10.0 Å². The average molecular weight is 537 g/mol. The number of piperazine rings is 1. The van der Waals surface area contributed by atoms with Crippen LogP contribution in [0.3, 0.4) is 0 Å². The molecule has 1 saturated heterocycles. The van der Waals surface area contributed by atoms with Gasteiger partial charge in [0.25, 0.3) is 0 Å². The van der Waals surface area contributed by atoms with Gasteiger partial charge >= 0.3 is 0 Å². The van der Waals surface area contributed by atoms with Crippen LogP contribution in [0.1, 0.15) is 13.8 Å². The molecule has 0 unspecified atom stereocenters. The van der Waals surface area contributed by atoms with Crippen molar-refractivity contribution < 1.29 is 21.6 Å². The molecule has 0 radical (unpaired) electrons. The van der Waals surface area contributed by atoms with Gasteiger partial charge < -0.3 is 9.64 Å². The molecule has 0 spiro atoms. The normalized spacial score (nSPS) is 15.8. The lowest BCUT2D eigenvalue weighted by Crippen LogP contribution is -2.48. The fourth-order valence-corrected chi connectivity index (χ4v) is 7.41. The lowest BCUT2D eigenvalue weighted by molar-refractivity contribution is 0.378. The van der Waals surface area contributed by atoms with E-state index in [9.17, 15) is 16.8 Å². The second kappa shape index (κ2) is 10.4. The van der Waals surface area contributed by atoms with E-state index in [-0.39, 0.29) is 32.9 Å². The van der Waals surface area contributed by atoms with E-state index >= 15 is 0 Å². The first-order valence-electron chi connectivity index (χ1n) is 10.4. The Morgan fingerprint density at radius 1 is 0.879 bits per heavy atom. The number of nitrogens with zero attached hydrogens (tertiary/aromatic N) is 3. The van der Waals surface area contributed by atoms with Crippen LogP contribution in [0.15, 0.2) is 46.2 Å². The number of rotatable bonds is 8. The van der Waals surface area contributed by atoms with Crippen molar-refractivity contribution in [1.82, 2.24) is 8.61 Å². The van der Waals surface area contributed by atoms with Crippen molar-refractivity contribution in [2.75, 3.05) is 51.3 Å². The molecular formula is C21H27Cl2N3O5S2. The van der Waals surface area contributed by atoms with Crippen LogP contribution >= 0.6 is 23.2 Å². The van der Waals surface area contributed by atoms with Crippen LogP contribution in [0.5, 0.6) is 5.75 Å². The molecule has 0 N–H and O–H groups in total. The van der Waals surface area contributed by atoms with E-state index in [1.807, 2.05) is 4.90 Å². The molecule has 1 heterocycles.